The maximum Gasteiger partial charge on any atom is 0.307 e. The first kappa shape index (κ1) is 27.3. The van der Waals surface area contributed by atoms with Gasteiger partial charge in [-0.05, 0) is 59.3 Å². The summed E-state index contributed by atoms with van der Waals surface area (Å²) in [6.07, 6.45) is 1.51. The Morgan fingerprint density at radius 3 is 2.05 bits per heavy atom. The fraction of sp³-hybridized carbons (Fsp3) is 0.265. The molecular formula is C34H35NO5. The number of nitrogens with zero attached hydrogens (tertiary/aromatic N) is 1. The molecule has 4 aromatic carbocycles. The van der Waals surface area contributed by atoms with Gasteiger partial charge in [0.05, 0.1) is 26.2 Å². The first-order chi connectivity index (χ1) is 19.6. The molecule has 1 aliphatic rings. The minimum atomic E-state index is -0.748. The number of carboxylic acids is 1. The lowest BCUT2D eigenvalue weighted by Crippen LogP contribution is -2.41. The Bertz CT molecular complexity index is 1380. The number of rotatable bonds is 10. The highest BCUT2D eigenvalue weighted by Crippen LogP contribution is 2.43. The summed E-state index contributed by atoms with van der Waals surface area (Å²) in [7, 11) is 3.25. The van der Waals surface area contributed by atoms with Crippen molar-refractivity contribution >= 4 is 5.97 Å². The van der Waals surface area contributed by atoms with E-state index in [4.69, 9.17) is 14.2 Å². The van der Waals surface area contributed by atoms with Crippen LogP contribution in [-0.2, 0) is 11.4 Å². The van der Waals surface area contributed by atoms with Crippen molar-refractivity contribution in [3.05, 3.63) is 114 Å². The lowest BCUT2D eigenvalue weighted by atomic mass is 9.90. The van der Waals surface area contributed by atoms with Crippen molar-refractivity contribution in [3.8, 4) is 28.4 Å². The van der Waals surface area contributed by atoms with Crippen LogP contribution in [0.4, 0.5) is 0 Å². The third-order valence-corrected chi connectivity index (χ3v) is 7.53. The molecule has 40 heavy (non-hydrogen) atoms. The largest absolute Gasteiger partial charge is 0.493 e. The molecule has 4 aromatic rings. The first-order valence-corrected chi connectivity index (χ1v) is 13.6. The minimum Gasteiger partial charge on any atom is -0.493 e. The summed E-state index contributed by atoms with van der Waals surface area (Å²) in [6, 6.07) is 32.5. The van der Waals surface area contributed by atoms with Gasteiger partial charge in [0.2, 0.25) is 5.75 Å². The molecule has 0 saturated carbocycles. The number of carboxylic acid groups (broad SMARTS) is 1. The van der Waals surface area contributed by atoms with E-state index >= 15 is 0 Å². The maximum atomic E-state index is 11.9. The highest BCUT2D eigenvalue weighted by molar-refractivity contribution is 5.70. The van der Waals surface area contributed by atoms with E-state index in [0.29, 0.717) is 36.8 Å². The Labute approximate surface area is 235 Å². The van der Waals surface area contributed by atoms with Crippen molar-refractivity contribution < 1.29 is 24.1 Å². The van der Waals surface area contributed by atoms with E-state index in [1.54, 1.807) is 14.2 Å². The van der Waals surface area contributed by atoms with Crippen LogP contribution in [0.3, 0.4) is 0 Å². The smallest absolute Gasteiger partial charge is 0.307 e. The molecule has 5 rings (SSSR count). The van der Waals surface area contributed by atoms with Gasteiger partial charge in [-0.1, -0.05) is 84.9 Å². The summed E-state index contributed by atoms with van der Waals surface area (Å²) in [5.74, 6) is 0.531. The van der Waals surface area contributed by atoms with Crippen molar-refractivity contribution in [2.75, 3.05) is 27.3 Å². The van der Waals surface area contributed by atoms with E-state index in [1.165, 1.54) is 0 Å². The minimum absolute atomic E-state index is 0.182. The van der Waals surface area contributed by atoms with Crippen LogP contribution in [0.2, 0.25) is 0 Å². The van der Waals surface area contributed by atoms with Gasteiger partial charge in [-0.15, -0.1) is 0 Å². The second kappa shape index (κ2) is 12.7. The predicted molar refractivity (Wildman–Crippen MR) is 156 cm³/mol. The molecule has 1 heterocycles. The number of ether oxygens (including phenoxy) is 3. The zero-order chi connectivity index (χ0) is 27.9. The van der Waals surface area contributed by atoms with E-state index < -0.39 is 11.9 Å². The SMILES string of the molecule is COc1cc(C(c2ccc(-c3ccccc3)cc2)N2CCCC(C(=O)O)C2)cc(OC)c1OCc1ccccc1. The molecule has 6 nitrogen and oxygen atoms in total. The fourth-order valence-electron chi connectivity index (χ4n) is 5.48. The van der Waals surface area contributed by atoms with Crippen molar-refractivity contribution in [1.29, 1.82) is 0 Å². The number of likely N-dealkylation sites (tertiary alicyclic amines) is 1. The highest BCUT2D eigenvalue weighted by Gasteiger charge is 2.32. The van der Waals surface area contributed by atoms with Gasteiger partial charge in [-0.2, -0.15) is 0 Å². The van der Waals surface area contributed by atoms with Crippen molar-refractivity contribution in [2.45, 2.75) is 25.5 Å². The number of hydrogen-bond acceptors (Lipinski definition) is 5. The van der Waals surface area contributed by atoms with Crippen LogP contribution < -0.4 is 14.2 Å². The Balaban J connectivity index is 1.53. The van der Waals surface area contributed by atoms with Gasteiger partial charge in [0.1, 0.15) is 6.61 Å². The van der Waals surface area contributed by atoms with Crippen LogP contribution in [0.15, 0.2) is 97.1 Å². The molecule has 0 aliphatic carbocycles. The van der Waals surface area contributed by atoms with Gasteiger partial charge < -0.3 is 19.3 Å². The molecule has 1 N–H and O–H groups in total. The lowest BCUT2D eigenvalue weighted by molar-refractivity contribution is -0.143. The van der Waals surface area contributed by atoms with Crippen LogP contribution >= 0.6 is 0 Å². The normalized spacial score (nSPS) is 16.2. The summed E-state index contributed by atoms with van der Waals surface area (Å²) in [6.45, 7) is 1.65. The van der Waals surface area contributed by atoms with Gasteiger partial charge in [0.25, 0.3) is 0 Å². The van der Waals surface area contributed by atoms with Crippen LogP contribution in [0, 0.1) is 5.92 Å². The second-order valence-corrected chi connectivity index (χ2v) is 10.1. The number of aliphatic carboxylic acids is 1. The quantitative estimate of drug-likeness (QED) is 0.239. The Morgan fingerprint density at radius 1 is 0.850 bits per heavy atom. The van der Waals surface area contributed by atoms with Gasteiger partial charge >= 0.3 is 5.97 Å². The molecule has 0 spiro atoms. The predicted octanol–water partition coefficient (Wildman–Crippen LogP) is 6.84. The van der Waals surface area contributed by atoms with Crippen LogP contribution in [0.25, 0.3) is 11.1 Å². The average molecular weight is 538 g/mol. The Kier molecular flexibility index (Phi) is 8.67. The zero-order valence-corrected chi connectivity index (χ0v) is 23.0. The van der Waals surface area contributed by atoms with Crippen LogP contribution in [0.1, 0.15) is 35.6 Å². The molecule has 1 aliphatic heterocycles. The van der Waals surface area contributed by atoms with E-state index in [2.05, 4.69) is 41.3 Å². The lowest BCUT2D eigenvalue weighted by Gasteiger charge is -2.38. The summed E-state index contributed by atoms with van der Waals surface area (Å²) >= 11 is 0. The molecule has 2 unspecified atom stereocenters. The summed E-state index contributed by atoms with van der Waals surface area (Å²) < 4.78 is 17.8. The van der Waals surface area contributed by atoms with E-state index in [1.807, 2.05) is 60.7 Å². The van der Waals surface area contributed by atoms with Crippen LogP contribution in [-0.4, -0.2) is 43.3 Å². The molecule has 0 aromatic heterocycles. The molecule has 0 radical (unpaired) electrons. The molecule has 6 heteroatoms. The van der Waals surface area contributed by atoms with Gasteiger partial charge in [0.15, 0.2) is 11.5 Å². The molecule has 2 atom stereocenters. The van der Waals surface area contributed by atoms with E-state index in [9.17, 15) is 9.90 Å². The van der Waals surface area contributed by atoms with Gasteiger partial charge in [-0.25, -0.2) is 0 Å². The molecule has 1 fully saturated rings. The standard InChI is InChI=1S/C34H35NO5/c1-38-30-20-29(21-31(39-2)33(30)40-23-24-10-5-3-6-11-24)32(35-19-9-14-28(22-35)34(36)37)27-17-15-26(16-18-27)25-12-7-4-8-13-25/h3-8,10-13,15-18,20-21,28,32H,9,14,19,22-23H2,1-2H3,(H,36,37). The molecular weight excluding hydrogens is 502 g/mol. The Hall–Kier alpha value is -4.29. The zero-order valence-electron chi connectivity index (χ0n) is 23.0. The van der Waals surface area contributed by atoms with Gasteiger partial charge in [0, 0.05) is 6.54 Å². The topological polar surface area (TPSA) is 68.2 Å². The second-order valence-electron chi connectivity index (χ2n) is 10.1. The molecule has 0 bridgehead atoms. The van der Waals surface area contributed by atoms with Crippen LogP contribution in [0.5, 0.6) is 17.2 Å². The van der Waals surface area contributed by atoms with Crippen molar-refractivity contribution in [3.63, 3.8) is 0 Å². The summed E-state index contributed by atoms with van der Waals surface area (Å²) in [5.41, 5.74) is 5.36. The average Bonchev–Trinajstić information content (AvgIpc) is 3.01. The number of benzene rings is 4. The summed E-state index contributed by atoms with van der Waals surface area (Å²) in [4.78, 5) is 14.2. The highest BCUT2D eigenvalue weighted by atomic mass is 16.5. The number of hydrogen-bond donors (Lipinski definition) is 1. The van der Waals surface area contributed by atoms with E-state index in [-0.39, 0.29) is 6.04 Å². The van der Waals surface area contributed by atoms with E-state index in [0.717, 1.165) is 40.8 Å². The molecule has 0 amide bonds. The monoisotopic (exact) mass is 537 g/mol. The Morgan fingerprint density at radius 2 is 1.45 bits per heavy atom. The molecule has 206 valence electrons. The number of piperidine rings is 1. The van der Waals surface area contributed by atoms with Gasteiger partial charge in [-0.3, -0.25) is 9.69 Å². The number of carbonyl (C=O) groups is 1. The van der Waals surface area contributed by atoms with Crippen molar-refractivity contribution in [2.24, 2.45) is 5.92 Å². The maximum absolute atomic E-state index is 11.9. The van der Waals surface area contributed by atoms with Crippen molar-refractivity contribution in [1.82, 2.24) is 4.90 Å². The molecule has 1 saturated heterocycles. The fourth-order valence-corrected chi connectivity index (χ4v) is 5.48. The third-order valence-electron chi connectivity index (χ3n) is 7.53. The summed E-state index contributed by atoms with van der Waals surface area (Å²) in [5, 5.41) is 9.81. The number of methoxy groups -OCH3 is 2. The first-order valence-electron chi connectivity index (χ1n) is 13.6. The third kappa shape index (κ3) is 6.13.